The molecule has 0 aromatic rings. The Hall–Kier alpha value is -0.570. The maximum absolute atomic E-state index is 11.3. The molecule has 0 fully saturated rings. The van der Waals surface area contributed by atoms with E-state index in [1.807, 2.05) is 0 Å². The Labute approximate surface area is 87.4 Å². The summed E-state index contributed by atoms with van der Waals surface area (Å²) < 4.78 is 0. The van der Waals surface area contributed by atoms with E-state index in [1.165, 1.54) is 0 Å². The zero-order valence-corrected chi connectivity index (χ0v) is 9.51. The zero-order chi connectivity index (χ0) is 10.8. The van der Waals surface area contributed by atoms with Gasteiger partial charge in [0.15, 0.2) is 0 Å². The van der Waals surface area contributed by atoms with Crippen molar-refractivity contribution in [3.8, 4) is 0 Å². The Kier molecular flexibility index (Phi) is 8.64. The van der Waals surface area contributed by atoms with Crippen molar-refractivity contribution in [2.45, 2.75) is 46.0 Å². The van der Waals surface area contributed by atoms with Gasteiger partial charge in [-0.05, 0) is 31.7 Å². The molecule has 1 atom stereocenters. The van der Waals surface area contributed by atoms with Gasteiger partial charge >= 0.3 is 0 Å². The lowest BCUT2D eigenvalue weighted by Gasteiger charge is -2.12. The fourth-order valence-electron chi connectivity index (χ4n) is 1.48. The molecule has 0 heterocycles. The van der Waals surface area contributed by atoms with Crippen LogP contribution in [0.25, 0.3) is 0 Å². The normalized spacial score (nSPS) is 12.5. The highest BCUT2D eigenvalue weighted by molar-refractivity contribution is 5.75. The molecule has 3 N–H and O–H groups in total. The standard InChI is InChI=1S/C11H24N2O/c1-3-9-13-11(14)6-5-10(4-2)7-8-12/h10H,3-9,12H2,1-2H3,(H,13,14). The van der Waals surface area contributed by atoms with Gasteiger partial charge in [-0.2, -0.15) is 0 Å². The average molecular weight is 200 g/mol. The van der Waals surface area contributed by atoms with Gasteiger partial charge in [0.1, 0.15) is 0 Å². The smallest absolute Gasteiger partial charge is 0.220 e. The maximum Gasteiger partial charge on any atom is 0.220 e. The van der Waals surface area contributed by atoms with Gasteiger partial charge in [-0.25, -0.2) is 0 Å². The number of hydrogen-bond acceptors (Lipinski definition) is 2. The number of carbonyl (C=O) groups excluding carboxylic acids is 1. The molecule has 0 aliphatic carbocycles. The minimum Gasteiger partial charge on any atom is -0.356 e. The van der Waals surface area contributed by atoms with E-state index in [2.05, 4.69) is 19.2 Å². The van der Waals surface area contributed by atoms with E-state index < -0.39 is 0 Å². The first kappa shape index (κ1) is 13.4. The van der Waals surface area contributed by atoms with Crippen LogP contribution in [0.3, 0.4) is 0 Å². The van der Waals surface area contributed by atoms with Crippen LogP contribution >= 0.6 is 0 Å². The lowest BCUT2D eigenvalue weighted by molar-refractivity contribution is -0.121. The number of hydrogen-bond donors (Lipinski definition) is 2. The predicted molar refractivity (Wildman–Crippen MR) is 60.0 cm³/mol. The summed E-state index contributed by atoms with van der Waals surface area (Å²) in [5.74, 6) is 0.801. The second kappa shape index (κ2) is 9.00. The fourth-order valence-corrected chi connectivity index (χ4v) is 1.48. The van der Waals surface area contributed by atoms with Crippen molar-refractivity contribution < 1.29 is 4.79 Å². The van der Waals surface area contributed by atoms with Crippen molar-refractivity contribution in [3.63, 3.8) is 0 Å². The van der Waals surface area contributed by atoms with E-state index in [0.29, 0.717) is 12.3 Å². The third kappa shape index (κ3) is 6.89. The Bertz CT molecular complexity index is 148. The molecule has 84 valence electrons. The van der Waals surface area contributed by atoms with Gasteiger partial charge in [-0.3, -0.25) is 4.79 Å². The van der Waals surface area contributed by atoms with Crippen LogP contribution in [0.4, 0.5) is 0 Å². The van der Waals surface area contributed by atoms with Gasteiger partial charge in [0.2, 0.25) is 5.91 Å². The molecular weight excluding hydrogens is 176 g/mol. The van der Waals surface area contributed by atoms with Crippen molar-refractivity contribution >= 4 is 5.91 Å². The highest BCUT2D eigenvalue weighted by Crippen LogP contribution is 2.13. The van der Waals surface area contributed by atoms with Crippen molar-refractivity contribution in [2.75, 3.05) is 13.1 Å². The van der Waals surface area contributed by atoms with Crippen LogP contribution in [0.15, 0.2) is 0 Å². The van der Waals surface area contributed by atoms with E-state index in [1.54, 1.807) is 0 Å². The summed E-state index contributed by atoms with van der Waals surface area (Å²) in [6.45, 7) is 5.75. The fraction of sp³-hybridized carbons (Fsp3) is 0.909. The monoisotopic (exact) mass is 200 g/mol. The molecular formula is C11H24N2O. The molecule has 0 bridgehead atoms. The molecule has 0 saturated heterocycles. The molecule has 3 nitrogen and oxygen atoms in total. The zero-order valence-electron chi connectivity index (χ0n) is 9.51. The van der Waals surface area contributed by atoms with Crippen LogP contribution < -0.4 is 11.1 Å². The van der Waals surface area contributed by atoms with Gasteiger partial charge < -0.3 is 11.1 Å². The van der Waals surface area contributed by atoms with Crippen LogP contribution in [0, 0.1) is 5.92 Å². The second-order valence-electron chi connectivity index (χ2n) is 3.74. The van der Waals surface area contributed by atoms with Crippen molar-refractivity contribution in [1.82, 2.24) is 5.32 Å². The first-order chi connectivity index (χ1) is 6.74. The largest absolute Gasteiger partial charge is 0.356 e. The number of amides is 1. The Morgan fingerprint density at radius 2 is 2.07 bits per heavy atom. The van der Waals surface area contributed by atoms with E-state index in [9.17, 15) is 4.79 Å². The number of carbonyl (C=O) groups is 1. The third-order valence-electron chi connectivity index (χ3n) is 2.50. The lowest BCUT2D eigenvalue weighted by atomic mass is 9.96. The Balaban J connectivity index is 3.52. The molecule has 0 aliphatic heterocycles. The maximum atomic E-state index is 11.3. The lowest BCUT2D eigenvalue weighted by Crippen LogP contribution is -2.24. The van der Waals surface area contributed by atoms with Crippen molar-refractivity contribution in [1.29, 1.82) is 0 Å². The van der Waals surface area contributed by atoms with Crippen molar-refractivity contribution in [2.24, 2.45) is 11.7 Å². The molecule has 0 radical (unpaired) electrons. The molecule has 0 saturated carbocycles. The molecule has 1 amide bonds. The van der Waals surface area contributed by atoms with E-state index >= 15 is 0 Å². The molecule has 0 spiro atoms. The molecule has 3 heteroatoms. The summed E-state index contributed by atoms with van der Waals surface area (Å²) in [6, 6.07) is 0. The second-order valence-corrected chi connectivity index (χ2v) is 3.74. The van der Waals surface area contributed by atoms with Crippen molar-refractivity contribution in [3.05, 3.63) is 0 Å². The number of nitrogens with two attached hydrogens (primary N) is 1. The van der Waals surface area contributed by atoms with Crippen LogP contribution in [0.1, 0.15) is 46.0 Å². The van der Waals surface area contributed by atoms with Crippen LogP contribution in [-0.2, 0) is 4.79 Å². The van der Waals surface area contributed by atoms with Gasteiger partial charge in [0.25, 0.3) is 0 Å². The van der Waals surface area contributed by atoms with Gasteiger partial charge in [0, 0.05) is 13.0 Å². The molecule has 0 aromatic heterocycles. The summed E-state index contributed by atoms with van der Waals surface area (Å²) in [4.78, 5) is 11.3. The highest BCUT2D eigenvalue weighted by Gasteiger charge is 2.07. The van der Waals surface area contributed by atoms with E-state index in [-0.39, 0.29) is 5.91 Å². The summed E-state index contributed by atoms with van der Waals surface area (Å²) in [5, 5.41) is 2.88. The number of nitrogens with one attached hydrogen (secondary N) is 1. The van der Waals surface area contributed by atoms with Crippen LogP contribution in [0.5, 0.6) is 0 Å². The SMILES string of the molecule is CCCNC(=O)CCC(CC)CCN. The third-order valence-corrected chi connectivity index (χ3v) is 2.50. The summed E-state index contributed by atoms with van der Waals surface area (Å²) in [6.07, 6.45) is 4.79. The first-order valence-corrected chi connectivity index (χ1v) is 5.71. The van der Waals surface area contributed by atoms with Crippen LogP contribution in [0.2, 0.25) is 0 Å². The minimum absolute atomic E-state index is 0.183. The Morgan fingerprint density at radius 1 is 1.36 bits per heavy atom. The predicted octanol–water partition coefficient (Wildman–Crippen LogP) is 1.67. The summed E-state index contributed by atoms with van der Waals surface area (Å²) in [5.41, 5.74) is 5.49. The highest BCUT2D eigenvalue weighted by atomic mass is 16.1. The molecule has 0 aromatic carbocycles. The Morgan fingerprint density at radius 3 is 2.57 bits per heavy atom. The van der Waals surface area contributed by atoms with E-state index in [4.69, 9.17) is 5.73 Å². The topological polar surface area (TPSA) is 55.1 Å². The molecule has 0 aliphatic rings. The first-order valence-electron chi connectivity index (χ1n) is 5.71. The van der Waals surface area contributed by atoms with Gasteiger partial charge in [-0.15, -0.1) is 0 Å². The van der Waals surface area contributed by atoms with Gasteiger partial charge in [-0.1, -0.05) is 20.3 Å². The quantitative estimate of drug-likeness (QED) is 0.626. The van der Waals surface area contributed by atoms with E-state index in [0.717, 1.165) is 38.8 Å². The number of rotatable bonds is 8. The van der Waals surface area contributed by atoms with Crippen LogP contribution in [-0.4, -0.2) is 19.0 Å². The molecule has 1 unspecified atom stereocenters. The molecule has 14 heavy (non-hydrogen) atoms. The molecule has 0 rings (SSSR count). The summed E-state index contributed by atoms with van der Waals surface area (Å²) in [7, 11) is 0. The summed E-state index contributed by atoms with van der Waals surface area (Å²) >= 11 is 0. The minimum atomic E-state index is 0.183. The van der Waals surface area contributed by atoms with Gasteiger partial charge in [0.05, 0.1) is 0 Å². The average Bonchev–Trinajstić information content (AvgIpc) is 2.21.